The molecule has 0 unspecified atom stereocenters. The van der Waals surface area contributed by atoms with Gasteiger partial charge in [-0.1, -0.05) is 0 Å². The summed E-state index contributed by atoms with van der Waals surface area (Å²) in [5, 5.41) is 15.5. The largest absolute Gasteiger partial charge is 0.494 e. The first-order valence-corrected chi connectivity index (χ1v) is 10.3. The average molecular weight is 389 g/mol. The second kappa shape index (κ2) is 10.4. The number of rotatable bonds is 9. The molecule has 28 heavy (non-hydrogen) atoms. The Morgan fingerprint density at radius 1 is 1.25 bits per heavy atom. The van der Waals surface area contributed by atoms with Crippen molar-refractivity contribution in [2.75, 3.05) is 44.7 Å². The van der Waals surface area contributed by atoms with Crippen molar-refractivity contribution in [3.8, 4) is 5.75 Å². The van der Waals surface area contributed by atoms with Crippen molar-refractivity contribution in [1.29, 1.82) is 0 Å². The van der Waals surface area contributed by atoms with Crippen LogP contribution in [-0.4, -0.2) is 61.2 Å². The van der Waals surface area contributed by atoms with Crippen LogP contribution < -0.4 is 15.4 Å². The minimum atomic E-state index is -0.00112. The van der Waals surface area contributed by atoms with Gasteiger partial charge in [0.25, 0.3) is 0 Å². The third kappa shape index (κ3) is 5.94. The molecule has 3 N–H and O–H groups in total. The molecule has 7 nitrogen and oxygen atoms in total. The van der Waals surface area contributed by atoms with Crippen molar-refractivity contribution in [2.45, 2.75) is 38.5 Å². The number of fused-ring (bicyclic) bond motifs is 1. The molecule has 0 bridgehead atoms. The Balaban J connectivity index is 1.41. The zero-order valence-electron chi connectivity index (χ0n) is 16.4. The Morgan fingerprint density at radius 2 is 2.07 bits per heavy atom. The van der Waals surface area contributed by atoms with Crippen LogP contribution in [0.25, 0.3) is 0 Å². The molecule has 0 spiro atoms. The van der Waals surface area contributed by atoms with Crippen LogP contribution in [0.3, 0.4) is 0 Å². The first-order valence-electron chi connectivity index (χ1n) is 10.3. The van der Waals surface area contributed by atoms with Crippen molar-refractivity contribution >= 4 is 17.5 Å². The molecule has 2 amide bonds. The Labute approximate surface area is 166 Å². The number of nitrogens with zero attached hydrogens (tertiary/aromatic N) is 1. The van der Waals surface area contributed by atoms with Crippen molar-refractivity contribution < 1.29 is 19.4 Å². The molecule has 1 saturated heterocycles. The van der Waals surface area contributed by atoms with Crippen LogP contribution in [0.15, 0.2) is 18.2 Å². The van der Waals surface area contributed by atoms with Gasteiger partial charge >= 0.3 is 0 Å². The monoisotopic (exact) mass is 389 g/mol. The van der Waals surface area contributed by atoms with Gasteiger partial charge in [-0.2, -0.15) is 0 Å². The standard InChI is InChI=1S/C21H31N3O4/c25-12-11-24(15-16-7-9-22-10-8-16)21(27)2-1-13-28-18-4-5-19-17(14-18)3-6-20(26)23-19/h4-5,14,16,22,25H,1-3,6-13,15H2,(H,23,26). The summed E-state index contributed by atoms with van der Waals surface area (Å²) in [4.78, 5) is 25.8. The van der Waals surface area contributed by atoms with Crippen LogP contribution in [0.5, 0.6) is 5.75 Å². The van der Waals surface area contributed by atoms with Crippen LogP contribution in [0, 0.1) is 5.92 Å². The van der Waals surface area contributed by atoms with E-state index in [2.05, 4.69) is 10.6 Å². The summed E-state index contributed by atoms with van der Waals surface area (Å²) in [5.41, 5.74) is 1.95. The highest BCUT2D eigenvalue weighted by molar-refractivity contribution is 5.94. The molecule has 0 radical (unpaired) electrons. The van der Waals surface area contributed by atoms with Gasteiger partial charge in [-0.25, -0.2) is 0 Å². The number of aliphatic hydroxyl groups excluding tert-OH is 1. The fourth-order valence-electron chi connectivity index (χ4n) is 3.84. The Kier molecular flexibility index (Phi) is 7.68. The molecule has 2 heterocycles. The molecule has 154 valence electrons. The maximum absolute atomic E-state index is 12.5. The van der Waals surface area contributed by atoms with Crippen molar-refractivity contribution in [1.82, 2.24) is 10.2 Å². The minimum absolute atomic E-state index is 0.00112. The van der Waals surface area contributed by atoms with E-state index in [0.29, 0.717) is 38.3 Å². The molecule has 0 aliphatic carbocycles. The van der Waals surface area contributed by atoms with Crippen LogP contribution in [0.4, 0.5) is 5.69 Å². The van der Waals surface area contributed by atoms with Gasteiger partial charge in [0.2, 0.25) is 11.8 Å². The second-order valence-corrected chi connectivity index (χ2v) is 7.58. The summed E-state index contributed by atoms with van der Waals surface area (Å²) < 4.78 is 5.80. The summed E-state index contributed by atoms with van der Waals surface area (Å²) in [6, 6.07) is 5.68. The molecule has 0 saturated carbocycles. The van der Waals surface area contributed by atoms with Gasteiger partial charge in [-0.3, -0.25) is 9.59 Å². The van der Waals surface area contributed by atoms with E-state index in [9.17, 15) is 14.7 Å². The first-order chi connectivity index (χ1) is 13.7. The number of amides is 2. The smallest absolute Gasteiger partial charge is 0.224 e. The maximum Gasteiger partial charge on any atom is 0.224 e. The van der Waals surface area contributed by atoms with Crippen LogP contribution >= 0.6 is 0 Å². The molecule has 3 rings (SSSR count). The number of nitrogens with one attached hydrogen (secondary N) is 2. The number of benzene rings is 1. The Hall–Kier alpha value is -2.12. The summed E-state index contributed by atoms with van der Waals surface area (Å²) >= 11 is 0. The Morgan fingerprint density at radius 3 is 2.86 bits per heavy atom. The second-order valence-electron chi connectivity index (χ2n) is 7.58. The number of hydrogen-bond donors (Lipinski definition) is 3. The number of carbonyl (C=O) groups excluding carboxylic acids is 2. The molecule has 0 aromatic heterocycles. The topological polar surface area (TPSA) is 90.9 Å². The van der Waals surface area contributed by atoms with E-state index in [0.717, 1.165) is 55.9 Å². The van der Waals surface area contributed by atoms with Crippen molar-refractivity contribution in [3.63, 3.8) is 0 Å². The number of hydrogen-bond acceptors (Lipinski definition) is 5. The number of carbonyl (C=O) groups is 2. The summed E-state index contributed by atoms with van der Waals surface area (Å²) in [7, 11) is 0. The predicted octanol–water partition coefficient (Wildman–Crippen LogP) is 1.55. The lowest BCUT2D eigenvalue weighted by atomic mass is 9.97. The molecule has 2 aliphatic heterocycles. The van der Waals surface area contributed by atoms with Crippen LogP contribution in [0.2, 0.25) is 0 Å². The zero-order valence-corrected chi connectivity index (χ0v) is 16.4. The van der Waals surface area contributed by atoms with E-state index >= 15 is 0 Å². The summed E-state index contributed by atoms with van der Waals surface area (Å²) in [6.45, 7) is 3.61. The zero-order chi connectivity index (χ0) is 19.8. The average Bonchev–Trinajstić information content (AvgIpc) is 2.71. The van der Waals surface area contributed by atoms with Gasteiger partial charge in [-0.15, -0.1) is 0 Å². The van der Waals surface area contributed by atoms with Gasteiger partial charge < -0.3 is 25.4 Å². The van der Waals surface area contributed by atoms with Crippen LogP contribution in [0.1, 0.15) is 37.7 Å². The number of aliphatic hydroxyl groups is 1. The van der Waals surface area contributed by atoms with E-state index in [1.54, 1.807) is 4.90 Å². The molecule has 2 aliphatic rings. The van der Waals surface area contributed by atoms with Crippen molar-refractivity contribution in [3.05, 3.63) is 23.8 Å². The molecule has 1 aromatic carbocycles. The number of ether oxygens (including phenoxy) is 1. The third-order valence-corrected chi connectivity index (χ3v) is 5.44. The predicted molar refractivity (Wildman–Crippen MR) is 107 cm³/mol. The number of piperidine rings is 1. The quantitative estimate of drug-likeness (QED) is 0.558. The molecule has 7 heteroatoms. The minimum Gasteiger partial charge on any atom is -0.494 e. The lowest BCUT2D eigenvalue weighted by Gasteiger charge is -2.30. The highest BCUT2D eigenvalue weighted by atomic mass is 16.5. The van der Waals surface area contributed by atoms with E-state index in [4.69, 9.17) is 4.74 Å². The highest BCUT2D eigenvalue weighted by Gasteiger charge is 2.20. The maximum atomic E-state index is 12.5. The van der Waals surface area contributed by atoms with E-state index < -0.39 is 0 Å². The molecule has 1 aromatic rings. The van der Waals surface area contributed by atoms with Gasteiger partial charge in [0, 0.05) is 31.6 Å². The summed E-state index contributed by atoms with van der Waals surface area (Å²) in [5.74, 6) is 1.43. The van der Waals surface area contributed by atoms with E-state index in [1.165, 1.54) is 0 Å². The van der Waals surface area contributed by atoms with Crippen LogP contribution in [-0.2, 0) is 16.0 Å². The lowest BCUT2D eigenvalue weighted by Crippen LogP contribution is -2.40. The SMILES string of the molecule is O=C1CCc2cc(OCCCC(=O)N(CCO)CC3CCNCC3)ccc2N1. The normalized spacial score (nSPS) is 17.0. The number of aryl methyl sites for hydroxylation is 1. The third-order valence-electron chi connectivity index (χ3n) is 5.44. The Bertz CT molecular complexity index is 674. The number of anilines is 1. The fraction of sp³-hybridized carbons (Fsp3) is 0.619. The van der Waals surface area contributed by atoms with E-state index in [-0.39, 0.29) is 18.4 Å². The van der Waals surface area contributed by atoms with Gasteiger partial charge in [0.1, 0.15) is 5.75 Å². The highest BCUT2D eigenvalue weighted by Crippen LogP contribution is 2.26. The first kappa shape index (κ1) is 20.6. The summed E-state index contributed by atoms with van der Waals surface area (Å²) in [6.07, 6.45) is 4.45. The van der Waals surface area contributed by atoms with Gasteiger partial charge in [0.05, 0.1) is 13.2 Å². The molecule has 0 atom stereocenters. The molecule has 1 fully saturated rings. The fourth-order valence-corrected chi connectivity index (χ4v) is 3.84. The molecular formula is C21H31N3O4. The van der Waals surface area contributed by atoms with Gasteiger partial charge in [0.15, 0.2) is 0 Å². The van der Waals surface area contributed by atoms with E-state index in [1.807, 2.05) is 18.2 Å². The molecular weight excluding hydrogens is 358 g/mol. The van der Waals surface area contributed by atoms with Crippen molar-refractivity contribution in [2.24, 2.45) is 5.92 Å². The lowest BCUT2D eigenvalue weighted by molar-refractivity contribution is -0.132. The van der Waals surface area contributed by atoms with Gasteiger partial charge in [-0.05, 0) is 68.5 Å².